The zero-order valence-corrected chi connectivity index (χ0v) is 17.9. The van der Waals surface area contributed by atoms with Gasteiger partial charge in [0.25, 0.3) is 0 Å². The second-order valence-electron chi connectivity index (χ2n) is 6.77. The molecule has 0 radical (unpaired) electrons. The maximum absolute atomic E-state index is 14.1. The van der Waals surface area contributed by atoms with E-state index in [2.05, 4.69) is 32.0 Å². The minimum absolute atomic E-state index is 0.0305. The second kappa shape index (κ2) is 9.27. The Morgan fingerprint density at radius 1 is 1.00 bits per heavy atom. The van der Waals surface area contributed by atoms with E-state index in [1.165, 1.54) is 17.2 Å². The molecule has 3 aromatic rings. The van der Waals surface area contributed by atoms with Crippen molar-refractivity contribution >= 4 is 11.6 Å². The minimum atomic E-state index is -0.570. The summed E-state index contributed by atoms with van der Waals surface area (Å²) >= 11 is 5.84. The molecular weight excluding hydrogens is 389 g/mol. The van der Waals surface area contributed by atoms with Crippen molar-refractivity contribution in [2.24, 2.45) is 0 Å². The molecule has 29 heavy (non-hydrogen) atoms. The molecule has 0 aliphatic carbocycles. The van der Waals surface area contributed by atoms with E-state index in [4.69, 9.17) is 26.1 Å². The molecule has 1 aromatic heterocycles. The van der Waals surface area contributed by atoms with Crippen molar-refractivity contribution in [1.82, 2.24) is 4.98 Å². The summed E-state index contributed by atoms with van der Waals surface area (Å²) in [6.45, 7) is 6.34. The number of ether oxygens (including phenoxy) is 2. The van der Waals surface area contributed by atoms with Crippen LogP contribution in [0.5, 0.6) is 11.5 Å². The number of hydrogen-bond acceptors (Lipinski definition) is 3. The van der Waals surface area contributed by atoms with Crippen molar-refractivity contribution < 1.29 is 13.9 Å². The van der Waals surface area contributed by atoms with Gasteiger partial charge in [-0.3, -0.25) is 4.98 Å². The second-order valence-corrected chi connectivity index (χ2v) is 7.18. The molecule has 0 aliphatic heterocycles. The van der Waals surface area contributed by atoms with Gasteiger partial charge >= 0.3 is 0 Å². The number of methoxy groups -OCH3 is 1. The van der Waals surface area contributed by atoms with Gasteiger partial charge in [-0.15, -0.1) is 0 Å². The van der Waals surface area contributed by atoms with Gasteiger partial charge in [0, 0.05) is 17.3 Å². The van der Waals surface area contributed by atoms with E-state index in [0.29, 0.717) is 5.75 Å². The fourth-order valence-corrected chi connectivity index (χ4v) is 3.64. The maximum atomic E-state index is 14.1. The Bertz CT molecular complexity index is 998. The summed E-state index contributed by atoms with van der Waals surface area (Å²) in [5.41, 5.74) is 6.11. The van der Waals surface area contributed by atoms with E-state index >= 15 is 0 Å². The number of hydrogen-bond donors (Lipinski definition) is 0. The largest absolute Gasteiger partial charge is 0.496 e. The lowest BCUT2D eigenvalue weighted by Crippen LogP contribution is -2.06. The van der Waals surface area contributed by atoms with Crippen LogP contribution in [0.1, 0.15) is 36.2 Å². The molecule has 0 unspecified atom stereocenters. The highest BCUT2D eigenvalue weighted by atomic mass is 35.5. The third-order valence-electron chi connectivity index (χ3n) is 5.05. The summed E-state index contributed by atoms with van der Waals surface area (Å²) in [6.07, 6.45) is 1.84. The van der Waals surface area contributed by atoms with Crippen molar-refractivity contribution in [2.75, 3.05) is 7.11 Å². The summed E-state index contributed by atoms with van der Waals surface area (Å²) in [6, 6.07) is 13.0. The van der Waals surface area contributed by atoms with Gasteiger partial charge in [-0.1, -0.05) is 49.7 Å². The van der Waals surface area contributed by atoms with Crippen LogP contribution in [0.3, 0.4) is 0 Å². The first-order valence-electron chi connectivity index (χ1n) is 9.72. The zero-order valence-electron chi connectivity index (χ0n) is 17.2. The van der Waals surface area contributed by atoms with Crippen LogP contribution in [-0.2, 0) is 19.4 Å². The quantitative estimate of drug-likeness (QED) is 0.439. The van der Waals surface area contributed by atoms with E-state index in [0.717, 1.165) is 35.4 Å². The Hall–Kier alpha value is -2.59. The van der Waals surface area contributed by atoms with Crippen molar-refractivity contribution in [3.8, 4) is 22.8 Å². The van der Waals surface area contributed by atoms with Crippen LogP contribution < -0.4 is 9.47 Å². The first kappa shape index (κ1) is 21.1. The highest BCUT2D eigenvalue weighted by molar-refractivity contribution is 6.30. The lowest BCUT2D eigenvalue weighted by molar-refractivity contribution is 0.281. The van der Waals surface area contributed by atoms with Gasteiger partial charge in [0.05, 0.1) is 23.4 Å². The monoisotopic (exact) mass is 413 g/mol. The minimum Gasteiger partial charge on any atom is -0.496 e. The standard InChI is InChI=1S/C24H25ClFNO2/c1-5-16-9-7-10-17(6-2)23(16)20-13-22(28-4)18(15(3)27-20)14-29-21-12-8-11-19(25)24(21)26/h7-13H,5-6,14H2,1-4H3. The van der Waals surface area contributed by atoms with Gasteiger partial charge in [-0.25, -0.2) is 4.39 Å². The van der Waals surface area contributed by atoms with Gasteiger partial charge < -0.3 is 9.47 Å². The molecule has 0 saturated carbocycles. The highest BCUT2D eigenvalue weighted by Crippen LogP contribution is 2.33. The van der Waals surface area contributed by atoms with Gasteiger partial charge in [0.2, 0.25) is 0 Å². The van der Waals surface area contributed by atoms with Gasteiger partial charge in [0.1, 0.15) is 12.4 Å². The topological polar surface area (TPSA) is 31.4 Å². The number of aryl methyl sites for hydroxylation is 3. The van der Waals surface area contributed by atoms with Crippen molar-refractivity contribution in [3.63, 3.8) is 0 Å². The maximum Gasteiger partial charge on any atom is 0.183 e. The lowest BCUT2D eigenvalue weighted by Gasteiger charge is -2.18. The Balaban J connectivity index is 2.00. The average Bonchev–Trinajstić information content (AvgIpc) is 2.74. The molecule has 2 aromatic carbocycles. The molecule has 152 valence electrons. The molecular formula is C24H25ClFNO2. The fourth-order valence-electron chi connectivity index (χ4n) is 3.47. The number of rotatable bonds is 7. The van der Waals surface area contributed by atoms with Crippen LogP contribution >= 0.6 is 11.6 Å². The predicted octanol–water partition coefficient (Wildman–Crippen LogP) is 6.56. The van der Waals surface area contributed by atoms with Crippen LogP contribution in [0, 0.1) is 12.7 Å². The summed E-state index contributed by atoms with van der Waals surface area (Å²) < 4.78 is 25.5. The van der Waals surface area contributed by atoms with E-state index in [1.54, 1.807) is 19.2 Å². The molecule has 0 N–H and O–H groups in total. The smallest absolute Gasteiger partial charge is 0.183 e. The van der Waals surface area contributed by atoms with Gasteiger partial charge in [-0.05, 0) is 43.0 Å². The lowest BCUT2D eigenvalue weighted by atomic mass is 9.94. The van der Waals surface area contributed by atoms with Crippen LogP contribution in [-0.4, -0.2) is 12.1 Å². The third-order valence-corrected chi connectivity index (χ3v) is 5.35. The Kier molecular flexibility index (Phi) is 6.75. The molecule has 0 bridgehead atoms. The molecule has 0 amide bonds. The highest BCUT2D eigenvalue weighted by Gasteiger charge is 2.17. The first-order chi connectivity index (χ1) is 14.0. The first-order valence-corrected chi connectivity index (χ1v) is 10.1. The van der Waals surface area contributed by atoms with Gasteiger partial charge in [-0.2, -0.15) is 0 Å². The van der Waals surface area contributed by atoms with Crippen molar-refractivity contribution in [2.45, 2.75) is 40.2 Å². The molecule has 1 heterocycles. The molecule has 0 aliphatic rings. The Morgan fingerprint density at radius 3 is 2.28 bits per heavy atom. The van der Waals surface area contributed by atoms with Gasteiger partial charge in [0.15, 0.2) is 11.6 Å². The Morgan fingerprint density at radius 2 is 1.66 bits per heavy atom. The van der Waals surface area contributed by atoms with Crippen molar-refractivity contribution in [3.05, 3.63) is 75.7 Å². The van der Waals surface area contributed by atoms with E-state index in [9.17, 15) is 4.39 Å². The molecule has 3 rings (SSSR count). The van der Waals surface area contributed by atoms with Crippen LogP contribution in [0.4, 0.5) is 4.39 Å². The molecule has 0 fully saturated rings. The number of nitrogens with zero attached hydrogens (tertiary/aromatic N) is 1. The van der Waals surface area contributed by atoms with E-state index in [1.807, 2.05) is 13.0 Å². The van der Waals surface area contributed by atoms with Crippen LogP contribution in [0.15, 0.2) is 42.5 Å². The molecule has 0 atom stereocenters. The summed E-state index contributed by atoms with van der Waals surface area (Å²) in [5.74, 6) is 0.204. The number of halogens is 2. The average molecular weight is 414 g/mol. The zero-order chi connectivity index (χ0) is 21.0. The number of aromatic nitrogens is 1. The molecule has 5 heteroatoms. The molecule has 0 saturated heterocycles. The number of pyridine rings is 1. The predicted molar refractivity (Wildman–Crippen MR) is 115 cm³/mol. The SMILES string of the molecule is CCc1cccc(CC)c1-c1cc(OC)c(COc2cccc(Cl)c2F)c(C)n1. The Labute approximate surface area is 176 Å². The summed E-state index contributed by atoms with van der Waals surface area (Å²) in [7, 11) is 1.62. The van der Waals surface area contributed by atoms with E-state index < -0.39 is 5.82 Å². The van der Waals surface area contributed by atoms with Crippen molar-refractivity contribution in [1.29, 1.82) is 0 Å². The van der Waals surface area contributed by atoms with Crippen LogP contribution in [0.2, 0.25) is 5.02 Å². The van der Waals surface area contributed by atoms with E-state index in [-0.39, 0.29) is 17.4 Å². The third kappa shape index (κ3) is 4.38. The summed E-state index contributed by atoms with van der Waals surface area (Å²) in [4.78, 5) is 4.84. The van der Waals surface area contributed by atoms with Crippen LogP contribution in [0.25, 0.3) is 11.3 Å². The molecule has 3 nitrogen and oxygen atoms in total. The normalized spacial score (nSPS) is 10.8. The number of benzene rings is 2. The molecule has 0 spiro atoms. The summed E-state index contributed by atoms with van der Waals surface area (Å²) in [5, 5.41) is 0.0305. The fraction of sp³-hybridized carbons (Fsp3) is 0.292.